The lowest BCUT2D eigenvalue weighted by Crippen LogP contribution is -2.33. The van der Waals surface area contributed by atoms with Crippen molar-refractivity contribution >= 4 is 17.5 Å². The summed E-state index contributed by atoms with van der Waals surface area (Å²) in [6.45, 7) is 1.03. The summed E-state index contributed by atoms with van der Waals surface area (Å²) in [5, 5.41) is 17.2. The van der Waals surface area contributed by atoms with E-state index in [9.17, 15) is 9.59 Å². The maximum absolute atomic E-state index is 12.4. The predicted octanol–water partition coefficient (Wildman–Crippen LogP) is 1.09. The molecule has 0 radical (unpaired) electrons. The first-order chi connectivity index (χ1) is 11.7. The second kappa shape index (κ2) is 7.67. The average Bonchev–Trinajstić information content (AvgIpc) is 2.95. The van der Waals surface area contributed by atoms with E-state index in [-0.39, 0.29) is 30.7 Å². The minimum absolute atomic E-state index is 0.125. The zero-order valence-electron chi connectivity index (χ0n) is 13.3. The van der Waals surface area contributed by atoms with Crippen molar-refractivity contribution in [2.24, 2.45) is 0 Å². The van der Waals surface area contributed by atoms with E-state index in [0.717, 1.165) is 31.5 Å². The number of carbonyl (C=O) groups excluding carboxylic acids is 2. The van der Waals surface area contributed by atoms with E-state index in [1.165, 1.54) is 0 Å². The maximum atomic E-state index is 12.4. The van der Waals surface area contributed by atoms with E-state index in [1.807, 2.05) is 30.3 Å². The number of anilines is 1. The van der Waals surface area contributed by atoms with Crippen molar-refractivity contribution in [3.8, 4) is 0 Å². The normalized spacial score (nSPS) is 16.8. The van der Waals surface area contributed by atoms with Crippen LogP contribution in [0.25, 0.3) is 0 Å². The molecular weight excluding hydrogens is 308 g/mol. The van der Waals surface area contributed by atoms with Crippen LogP contribution in [-0.2, 0) is 16.1 Å². The Balaban J connectivity index is 1.48. The van der Waals surface area contributed by atoms with Gasteiger partial charge in [0.2, 0.25) is 11.8 Å². The lowest BCUT2D eigenvalue weighted by molar-refractivity contribution is -0.123. The van der Waals surface area contributed by atoms with Crippen LogP contribution in [0.15, 0.2) is 30.3 Å². The first-order valence-corrected chi connectivity index (χ1v) is 8.13. The third-order valence-electron chi connectivity index (χ3n) is 4.01. The maximum Gasteiger partial charge on any atom is 0.230 e. The number of aryl methyl sites for hydroxylation is 1. The predicted molar refractivity (Wildman–Crippen MR) is 87.1 cm³/mol. The van der Waals surface area contributed by atoms with Crippen LogP contribution in [0.1, 0.15) is 37.4 Å². The van der Waals surface area contributed by atoms with Crippen LogP contribution in [0.5, 0.6) is 0 Å². The van der Waals surface area contributed by atoms with E-state index < -0.39 is 0 Å². The first-order valence-electron chi connectivity index (χ1n) is 8.13. The van der Waals surface area contributed by atoms with Gasteiger partial charge in [-0.05, 0) is 35.4 Å². The van der Waals surface area contributed by atoms with Crippen molar-refractivity contribution in [3.63, 3.8) is 0 Å². The van der Waals surface area contributed by atoms with Gasteiger partial charge in [0.25, 0.3) is 0 Å². The van der Waals surface area contributed by atoms with Gasteiger partial charge < -0.3 is 10.6 Å². The number of nitrogens with one attached hydrogen (secondary N) is 2. The van der Waals surface area contributed by atoms with E-state index >= 15 is 0 Å². The number of nitrogens with zero attached hydrogens (tertiary/aromatic N) is 4. The van der Waals surface area contributed by atoms with Crippen molar-refractivity contribution in [1.29, 1.82) is 0 Å². The molecule has 0 aliphatic carbocycles. The Morgan fingerprint density at radius 1 is 1.21 bits per heavy atom. The van der Waals surface area contributed by atoms with Crippen LogP contribution in [0.4, 0.5) is 5.69 Å². The Labute approximate surface area is 139 Å². The van der Waals surface area contributed by atoms with Crippen LogP contribution >= 0.6 is 0 Å². The molecule has 2 aromatic rings. The second-order valence-electron chi connectivity index (χ2n) is 5.76. The van der Waals surface area contributed by atoms with Crippen LogP contribution in [0, 0.1) is 0 Å². The van der Waals surface area contributed by atoms with Gasteiger partial charge in [-0.3, -0.25) is 9.59 Å². The Morgan fingerprint density at radius 2 is 2.04 bits per heavy atom. The highest BCUT2D eigenvalue weighted by molar-refractivity contribution is 5.91. The lowest BCUT2D eigenvalue weighted by Gasteiger charge is -2.13. The van der Waals surface area contributed by atoms with Gasteiger partial charge in [0, 0.05) is 25.2 Å². The SMILES string of the molecule is O=C(CCNC(=O)C1CCCCn2nnnc21)Nc1ccccc1. The average molecular weight is 328 g/mol. The number of rotatable bonds is 5. The molecule has 1 aliphatic heterocycles. The van der Waals surface area contributed by atoms with Crippen molar-refractivity contribution in [2.75, 3.05) is 11.9 Å². The minimum atomic E-state index is -0.348. The highest BCUT2D eigenvalue weighted by atomic mass is 16.2. The van der Waals surface area contributed by atoms with Gasteiger partial charge in [0.15, 0.2) is 5.82 Å². The van der Waals surface area contributed by atoms with Gasteiger partial charge in [0.1, 0.15) is 0 Å². The molecule has 2 N–H and O–H groups in total. The Morgan fingerprint density at radius 3 is 2.88 bits per heavy atom. The lowest BCUT2D eigenvalue weighted by atomic mass is 10.0. The number of tetrazole rings is 1. The highest BCUT2D eigenvalue weighted by Gasteiger charge is 2.28. The standard InChI is InChI=1S/C16H20N6O2/c23-14(18-12-6-2-1-3-7-12)9-10-17-16(24)13-8-4-5-11-22-15(13)19-20-21-22/h1-3,6-7,13H,4-5,8-11H2,(H,17,24)(H,18,23). The molecule has 24 heavy (non-hydrogen) atoms. The third kappa shape index (κ3) is 3.95. The summed E-state index contributed by atoms with van der Waals surface area (Å²) in [6, 6.07) is 9.24. The summed E-state index contributed by atoms with van der Waals surface area (Å²) in [5.74, 6) is 0.00563. The minimum Gasteiger partial charge on any atom is -0.355 e. The van der Waals surface area contributed by atoms with Gasteiger partial charge in [-0.1, -0.05) is 24.6 Å². The van der Waals surface area contributed by atoms with Gasteiger partial charge in [0.05, 0.1) is 5.92 Å². The molecule has 0 bridgehead atoms. The van der Waals surface area contributed by atoms with Gasteiger partial charge in [-0.25, -0.2) is 4.68 Å². The first kappa shape index (κ1) is 16.1. The fourth-order valence-electron chi connectivity index (χ4n) is 2.78. The molecular formula is C16H20N6O2. The molecule has 3 rings (SSSR count). The molecule has 0 spiro atoms. The molecule has 0 saturated carbocycles. The topological polar surface area (TPSA) is 102 Å². The van der Waals surface area contributed by atoms with E-state index in [2.05, 4.69) is 26.2 Å². The fourth-order valence-corrected chi connectivity index (χ4v) is 2.78. The van der Waals surface area contributed by atoms with Crippen molar-refractivity contribution in [3.05, 3.63) is 36.2 Å². The van der Waals surface area contributed by atoms with Gasteiger partial charge in [-0.15, -0.1) is 5.10 Å². The fraction of sp³-hybridized carbons (Fsp3) is 0.438. The van der Waals surface area contributed by atoms with Crippen LogP contribution < -0.4 is 10.6 Å². The molecule has 1 unspecified atom stereocenters. The molecule has 2 amide bonds. The largest absolute Gasteiger partial charge is 0.355 e. The van der Waals surface area contributed by atoms with Crippen LogP contribution in [-0.4, -0.2) is 38.6 Å². The molecule has 126 valence electrons. The Kier molecular flexibility index (Phi) is 5.15. The molecule has 1 aromatic heterocycles. The highest BCUT2D eigenvalue weighted by Crippen LogP contribution is 2.23. The Hall–Kier alpha value is -2.77. The zero-order valence-corrected chi connectivity index (χ0v) is 13.3. The molecule has 1 atom stereocenters. The van der Waals surface area contributed by atoms with E-state index in [0.29, 0.717) is 5.82 Å². The van der Waals surface area contributed by atoms with E-state index in [4.69, 9.17) is 0 Å². The second-order valence-corrected chi connectivity index (χ2v) is 5.76. The number of para-hydroxylation sites is 1. The molecule has 0 fully saturated rings. The summed E-state index contributed by atoms with van der Waals surface area (Å²) < 4.78 is 1.69. The monoisotopic (exact) mass is 328 g/mol. The summed E-state index contributed by atoms with van der Waals surface area (Å²) in [4.78, 5) is 24.3. The number of hydrogen-bond donors (Lipinski definition) is 2. The summed E-state index contributed by atoms with van der Waals surface area (Å²) in [7, 11) is 0. The number of benzene rings is 1. The zero-order chi connectivity index (χ0) is 16.8. The smallest absolute Gasteiger partial charge is 0.230 e. The molecule has 8 nitrogen and oxygen atoms in total. The molecule has 0 saturated heterocycles. The van der Waals surface area contributed by atoms with Crippen molar-refractivity contribution in [1.82, 2.24) is 25.5 Å². The van der Waals surface area contributed by atoms with Crippen LogP contribution in [0.3, 0.4) is 0 Å². The Bertz CT molecular complexity index is 700. The quantitative estimate of drug-likeness (QED) is 0.855. The summed E-state index contributed by atoms with van der Waals surface area (Å²) >= 11 is 0. The molecule has 8 heteroatoms. The third-order valence-corrected chi connectivity index (χ3v) is 4.01. The van der Waals surface area contributed by atoms with Crippen molar-refractivity contribution < 1.29 is 9.59 Å². The molecule has 1 aromatic carbocycles. The van der Waals surface area contributed by atoms with Crippen molar-refractivity contribution in [2.45, 2.75) is 38.1 Å². The molecule has 1 aliphatic rings. The number of carbonyl (C=O) groups is 2. The van der Waals surface area contributed by atoms with Gasteiger partial charge >= 0.3 is 0 Å². The number of amides is 2. The number of fused-ring (bicyclic) bond motifs is 1. The summed E-state index contributed by atoms with van der Waals surface area (Å²) in [5.41, 5.74) is 0.747. The number of aromatic nitrogens is 4. The van der Waals surface area contributed by atoms with Crippen LogP contribution in [0.2, 0.25) is 0 Å². The van der Waals surface area contributed by atoms with E-state index in [1.54, 1.807) is 4.68 Å². The summed E-state index contributed by atoms with van der Waals surface area (Å²) in [6.07, 6.45) is 2.85. The number of hydrogen-bond acceptors (Lipinski definition) is 5. The van der Waals surface area contributed by atoms with Gasteiger partial charge in [-0.2, -0.15) is 0 Å². The molecule has 2 heterocycles.